The highest BCUT2D eigenvalue weighted by atomic mass is 32.2. The molecule has 7 aromatic rings. The minimum Gasteiger partial charge on any atom is -0.427 e. The van der Waals surface area contributed by atoms with Gasteiger partial charge in [0.1, 0.15) is 69.4 Å². The highest BCUT2D eigenvalue weighted by Gasteiger charge is 2.56. The highest BCUT2D eigenvalue weighted by molar-refractivity contribution is 7.89. The van der Waals surface area contributed by atoms with Crippen molar-refractivity contribution < 1.29 is 256 Å². The summed E-state index contributed by atoms with van der Waals surface area (Å²) in [5.41, 5.74) is -35.8. The van der Waals surface area contributed by atoms with Crippen LogP contribution in [0.25, 0.3) is 0 Å². The summed E-state index contributed by atoms with van der Waals surface area (Å²) in [4.78, 5) is 0. The third-order valence-electron chi connectivity index (χ3n) is 17.2. The van der Waals surface area contributed by atoms with E-state index >= 15 is 0 Å². The van der Waals surface area contributed by atoms with E-state index in [1.165, 1.54) is 20.8 Å². The summed E-state index contributed by atoms with van der Waals surface area (Å²) >= 11 is 0. The molecule has 0 bridgehead atoms. The standard InChI is InChI=1S/C16H13BF4O6S.C14H17BF4O6S.C14H19BF4O6S.C10H9BF4O6S.C10H11BF4O5S.C9H9BF4O5S/c18-13-6-7-14(27-28(22,23)16(19,20)21)12(8-13)9-24-17-25-10-15(26-17)11-4-2-1-3-5-11;1-12(2)13(3,4)25-15(24-12)22-8-9-7-10(16)5-6-11(9)23-26(20,21)14(17,18)19;1-9(2)23-15(24-10(3)4)22-8-11-7-12(16)5-6-13(11)25-26(20,21)14(17,18)19;12-8-1-2-9(21-22(16,17)10(13,14)15)7(5-8)6-20-11-18-3-4-19-11;1-11(18-2)19-6-7-5-8(12)3-4-9(7)20-21(16,17)10(13,14)15;1-10(15)18-5-6-4-7(11)2-3-8(6)19-20(16,17)9(12,13)14/h1-8,15H,9-10H2;5-7H,8H2,1-4H3;5-7,9-10H,8H2,1-4H3;1-2,5H,3-4,6H2;3-5H,6H2,1-2H3;2-4,15H,5H2,1H3. The molecule has 0 spiro atoms. The summed E-state index contributed by atoms with van der Waals surface area (Å²) in [6.07, 6.45) is -1.01. The molecule has 3 fully saturated rings. The molecule has 3 aliphatic heterocycles. The molecule has 3 saturated heterocycles. The number of hydrogen-bond acceptors (Lipinski definition) is 34. The van der Waals surface area contributed by atoms with Gasteiger partial charge in [0.05, 0.1) is 76.8 Å². The second-order valence-electron chi connectivity index (χ2n) is 29.6. The molecule has 143 heavy (non-hydrogen) atoms. The van der Waals surface area contributed by atoms with Gasteiger partial charge in [0.25, 0.3) is 0 Å². The Labute approximate surface area is 802 Å². The van der Waals surface area contributed by atoms with Crippen molar-refractivity contribution in [3.63, 3.8) is 0 Å². The predicted octanol–water partition coefficient (Wildman–Crippen LogP) is 15.5. The van der Waals surface area contributed by atoms with Crippen LogP contribution in [0.4, 0.5) is 105 Å². The first-order chi connectivity index (χ1) is 65.4. The third kappa shape index (κ3) is 39.7. The minimum absolute atomic E-state index is 0.170. The normalized spacial score (nSPS) is 15.3. The van der Waals surface area contributed by atoms with E-state index in [4.69, 9.17) is 70.2 Å². The SMILES string of the molecule is CB(O)OCc1cc(F)ccc1OS(=O)(=O)C(F)(F)F.CC(C)OB(OCc1cc(F)ccc1OS(=O)(=O)C(F)(F)F)OC(C)C.CC1(C)OB(OCc2cc(F)ccc2OS(=O)(=O)C(F)(F)F)OC1(C)C.COB(C)OCc1cc(F)ccc1OS(=O)(=O)C(F)(F)F.O=S(=O)(Oc1ccc(F)cc1COB1OCC(c2ccccc2)O1)C(F)(F)F.O=S(=O)(Oc1ccc(F)cc1COB1OCCO1)C(F)(F)F. The van der Waals surface area contributed by atoms with Crippen molar-refractivity contribution in [2.45, 2.75) is 171 Å². The monoisotopic (exact) mass is 2210 g/mol. The Morgan fingerprint density at radius 1 is 0.364 bits per heavy atom. The second kappa shape index (κ2) is 51.6. The molecule has 1 N–H and O–H groups in total. The van der Waals surface area contributed by atoms with E-state index in [0.717, 1.165) is 115 Å². The quantitative estimate of drug-likeness (QED) is 0.0165. The van der Waals surface area contributed by atoms with E-state index in [2.05, 4.69) is 29.8 Å². The van der Waals surface area contributed by atoms with E-state index in [0.29, 0.717) is 0 Å². The molecule has 796 valence electrons. The molecule has 70 heteroatoms. The van der Waals surface area contributed by atoms with E-state index in [1.807, 2.05) is 30.3 Å². The first kappa shape index (κ1) is 125. The zero-order valence-electron chi connectivity index (χ0n) is 74.8. The number of benzene rings is 7. The van der Waals surface area contributed by atoms with Crippen LogP contribution >= 0.6 is 0 Å². The molecule has 1 unspecified atom stereocenters. The van der Waals surface area contributed by atoms with Gasteiger partial charge in [0, 0.05) is 52.7 Å². The smallest absolute Gasteiger partial charge is 0.427 e. The summed E-state index contributed by atoms with van der Waals surface area (Å²) in [5, 5.41) is 8.88. The molecule has 34 nitrogen and oxygen atoms in total. The van der Waals surface area contributed by atoms with Gasteiger partial charge in [0.15, 0.2) is 0 Å². The fourth-order valence-electron chi connectivity index (χ4n) is 9.72. The van der Waals surface area contributed by atoms with Crippen molar-refractivity contribution in [2.75, 3.05) is 26.9 Å². The van der Waals surface area contributed by atoms with Crippen molar-refractivity contribution >= 4 is 104 Å². The zero-order chi connectivity index (χ0) is 109. The van der Waals surface area contributed by atoms with Gasteiger partial charge in [0.2, 0.25) is 0 Å². The molecule has 0 radical (unpaired) electrons. The molecular weight excluding hydrogens is 2130 g/mol. The van der Waals surface area contributed by atoms with Crippen molar-refractivity contribution in [1.29, 1.82) is 0 Å². The van der Waals surface area contributed by atoms with E-state index in [-0.39, 0.29) is 65.4 Å². The third-order valence-corrected chi connectivity index (χ3v) is 23.0. The first-order valence-corrected chi connectivity index (χ1v) is 47.7. The van der Waals surface area contributed by atoms with Crippen LogP contribution in [-0.4, -0.2) is 182 Å². The van der Waals surface area contributed by atoms with Crippen LogP contribution in [0.15, 0.2) is 140 Å². The summed E-state index contributed by atoms with van der Waals surface area (Å²) in [6.45, 7) is 14.3. The maximum absolute atomic E-state index is 13.5. The van der Waals surface area contributed by atoms with E-state index < -0.39 is 264 Å². The van der Waals surface area contributed by atoms with Crippen LogP contribution in [0.3, 0.4) is 0 Å². The van der Waals surface area contributed by atoms with Crippen LogP contribution in [-0.2, 0) is 170 Å². The lowest BCUT2D eigenvalue weighted by molar-refractivity contribution is -0.0505. The topological polar surface area (TPSA) is 419 Å². The largest absolute Gasteiger partial charge is 0.640 e. The van der Waals surface area contributed by atoms with Gasteiger partial charge in [-0.3, -0.25) is 0 Å². The molecule has 0 aliphatic carbocycles. The first-order valence-electron chi connectivity index (χ1n) is 39.3. The Bertz CT molecular complexity index is 5920. The maximum atomic E-state index is 13.5. The lowest BCUT2D eigenvalue weighted by Crippen LogP contribution is -2.41. The molecule has 0 aromatic heterocycles. The summed E-state index contributed by atoms with van der Waals surface area (Å²) in [6, 6.07) is 22.9. The molecule has 1 atom stereocenters. The fourth-order valence-corrected chi connectivity index (χ4v) is 12.7. The van der Waals surface area contributed by atoms with Crippen LogP contribution in [0, 0.1) is 34.9 Å². The minimum atomic E-state index is -5.91. The molecule has 0 amide bonds. The van der Waals surface area contributed by atoms with Gasteiger partial charge in [-0.1, -0.05) is 30.3 Å². The number of rotatable bonds is 36. The molecular formula is C73H78B6F24O34S6. The number of alkyl halides is 18. The highest BCUT2D eigenvalue weighted by Crippen LogP contribution is 2.41. The van der Waals surface area contributed by atoms with E-state index in [9.17, 15) is 156 Å². The Morgan fingerprint density at radius 3 is 0.874 bits per heavy atom. The lowest BCUT2D eigenvalue weighted by atomic mass is 9.90. The van der Waals surface area contributed by atoms with Crippen molar-refractivity contribution in [2.24, 2.45) is 0 Å². The molecule has 10 rings (SSSR count). The van der Waals surface area contributed by atoms with Crippen LogP contribution in [0.5, 0.6) is 34.5 Å². The number of halogens is 24. The summed E-state index contributed by atoms with van der Waals surface area (Å²) in [7, 11) is -40.5. The Kier molecular flexibility index (Phi) is 45.0. The Balaban J connectivity index is 0.000000303. The summed E-state index contributed by atoms with van der Waals surface area (Å²) in [5.74, 6) is -9.08. The lowest BCUT2D eigenvalue weighted by Gasteiger charge is -2.31. The van der Waals surface area contributed by atoms with Gasteiger partial charge < -0.3 is 99.9 Å². The second-order valence-corrected chi connectivity index (χ2v) is 38.8. The van der Waals surface area contributed by atoms with Gasteiger partial charge >= 0.3 is 137 Å². The van der Waals surface area contributed by atoms with E-state index in [1.54, 1.807) is 55.4 Å². The van der Waals surface area contributed by atoms with Gasteiger partial charge in [-0.05, 0) is 184 Å². The van der Waals surface area contributed by atoms with Gasteiger partial charge in [-0.15, -0.1) is 0 Å². The van der Waals surface area contributed by atoms with Crippen molar-refractivity contribution in [3.05, 3.63) is 213 Å². The Hall–Kier alpha value is -8.89. The molecule has 3 heterocycles. The van der Waals surface area contributed by atoms with Crippen molar-refractivity contribution in [1.82, 2.24) is 0 Å². The molecule has 0 saturated carbocycles. The van der Waals surface area contributed by atoms with Crippen LogP contribution in [0.2, 0.25) is 13.6 Å². The van der Waals surface area contributed by atoms with Crippen molar-refractivity contribution in [3.8, 4) is 34.5 Å². The maximum Gasteiger partial charge on any atom is 0.640 e. The van der Waals surface area contributed by atoms with Crippen LogP contribution < -0.4 is 25.1 Å². The van der Waals surface area contributed by atoms with Gasteiger partial charge in [-0.2, -0.15) is 130 Å². The van der Waals surface area contributed by atoms with Gasteiger partial charge in [-0.25, -0.2) is 26.3 Å². The average Bonchev–Trinajstić information content (AvgIpc) is 1.66. The molecule has 7 aromatic carbocycles. The summed E-state index contributed by atoms with van der Waals surface area (Å²) < 4.78 is 537. The fraction of sp³-hybridized carbons (Fsp3) is 0.425. The van der Waals surface area contributed by atoms with Crippen LogP contribution in [0.1, 0.15) is 100 Å². The molecule has 3 aliphatic rings. The predicted molar refractivity (Wildman–Crippen MR) is 447 cm³/mol. The number of hydrogen-bond donors (Lipinski definition) is 1. The zero-order valence-corrected chi connectivity index (χ0v) is 79.7. The Morgan fingerprint density at radius 2 is 0.615 bits per heavy atom. The average molecular weight is 2210 g/mol.